The molecule has 0 radical (unpaired) electrons. The number of fused-ring (bicyclic) bond motifs is 1. The average molecular weight is 336 g/mol. The van der Waals surface area contributed by atoms with E-state index < -0.39 is 29.0 Å². The molecule has 2 bridgehead atoms. The van der Waals surface area contributed by atoms with Gasteiger partial charge in [0.15, 0.2) is 0 Å². The lowest BCUT2D eigenvalue weighted by atomic mass is 9.72. The van der Waals surface area contributed by atoms with Crippen molar-refractivity contribution in [2.24, 2.45) is 11.8 Å². The van der Waals surface area contributed by atoms with Gasteiger partial charge in [0, 0.05) is 26.2 Å². The summed E-state index contributed by atoms with van der Waals surface area (Å²) in [5, 5.41) is 9.59. The zero-order valence-electron chi connectivity index (χ0n) is 13.9. The summed E-state index contributed by atoms with van der Waals surface area (Å²) in [5.41, 5.74) is -1.60. The van der Waals surface area contributed by atoms with Crippen LogP contribution in [0.3, 0.4) is 0 Å². The zero-order chi connectivity index (χ0) is 16.9. The first kappa shape index (κ1) is 16.1. The third kappa shape index (κ3) is 2.29. The van der Waals surface area contributed by atoms with E-state index in [2.05, 4.69) is 4.90 Å². The first-order valence-corrected chi connectivity index (χ1v) is 8.67. The molecule has 0 aromatic carbocycles. The van der Waals surface area contributed by atoms with Gasteiger partial charge >= 0.3 is 5.97 Å². The molecule has 7 heteroatoms. The number of hydrogen-bond acceptors (Lipinski definition) is 5. The lowest BCUT2D eigenvalue weighted by Gasteiger charge is -2.28. The second-order valence-electron chi connectivity index (χ2n) is 7.44. The second-order valence-corrected chi connectivity index (χ2v) is 7.44. The van der Waals surface area contributed by atoms with Crippen molar-refractivity contribution >= 4 is 11.9 Å². The molecule has 1 amide bonds. The van der Waals surface area contributed by atoms with Crippen molar-refractivity contribution in [3.05, 3.63) is 12.2 Å². The molecule has 4 aliphatic heterocycles. The average Bonchev–Trinajstić information content (AvgIpc) is 3.11. The molecule has 3 saturated heterocycles. The van der Waals surface area contributed by atoms with Crippen LogP contribution in [0.5, 0.6) is 0 Å². The molecule has 7 nitrogen and oxygen atoms in total. The van der Waals surface area contributed by atoms with Crippen molar-refractivity contribution in [2.75, 3.05) is 45.9 Å². The Bertz CT molecular complexity index is 588. The van der Waals surface area contributed by atoms with Crippen LogP contribution < -0.4 is 0 Å². The number of carbonyl (C=O) groups excluding carboxylic acids is 1. The summed E-state index contributed by atoms with van der Waals surface area (Å²) in [6, 6.07) is 0. The monoisotopic (exact) mass is 336 g/mol. The molecule has 4 atom stereocenters. The predicted molar refractivity (Wildman–Crippen MR) is 84.4 cm³/mol. The highest BCUT2D eigenvalue weighted by Crippen LogP contribution is 2.57. The maximum atomic E-state index is 12.8. The Morgan fingerprint density at radius 2 is 2.08 bits per heavy atom. The predicted octanol–water partition coefficient (Wildman–Crippen LogP) is -0.0346. The van der Waals surface area contributed by atoms with Crippen molar-refractivity contribution in [1.82, 2.24) is 9.80 Å². The summed E-state index contributed by atoms with van der Waals surface area (Å²) >= 11 is 0. The van der Waals surface area contributed by atoms with Gasteiger partial charge in [-0.25, -0.2) is 0 Å². The number of morpholine rings is 1. The smallest absolute Gasteiger partial charge is 0.310 e. The molecule has 3 fully saturated rings. The lowest BCUT2D eigenvalue weighted by molar-refractivity contribution is -0.150. The van der Waals surface area contributed by atoms with Crippen molar-refractivity contribution in [2.45, 2.75) is 24.5 Å². The summed E-state index contributed by atoms with van der Waals surface area (Å²) in [6.45, 7) is 7.23. The minimum atomic E-state index is -0.947. The number of aliphatic carboxylic acids is 1. The van der Waals surface area contributed by atoms with E-state index in [0.717, 1.165) is 39.3 Å². The van der Waals surface area contributed by atoms with Crippen molar-refractivity contribution in [1.29, 1.82) is 0 Å². The molecule has 4 aliphatic rings. The fourth-order valence-electron chi connectivity index (χ4n) is 4.73. The number of hydrogen-bond donors (Lipinski definition) is 1. The van der Waals surface area contributed by atoms with Crippen LogP contribution >= 0.6 is 0 Å². The largest absolute Gasteiger partial charge is 0.481 e. The van der Waals surface area contributed by atoms with Gasteiger partial charge in [0.2, 0.25) is 5.91 Å². The van der Waals surface area contributed by atoms with Gasteiger partial charge in [-0.15, -0.1) is 0 Å². The summed E-state index contributed by atoms with van der Waals surface area (Å²) in [5.74, 6) is -2.40. The SMILES string of the molecule is C[C@@]12C=C[C@@]3(CN(CCCN4CCOCC4)C(=O)[C@H]3[C@@H]1C(=O)O)O2. The molecule has 0 unspecified atom stereocenters. The van der Waals surface area contributed by atoms with Crippen LogP contribution in [0.15, 0.2) is 12.2 Å². The van der Waals surface area contributed by atoms with Gasteiger partial charge in [-0.3, -0.25) is 14.5 Å². The Morgan fingerprint density at radius 3 is 2.79 bits per heavy atom. The number of carboxylic acids is 1. The van der Waals surface area contributed by atoms with Gasteiger partial charge in [-0.2, -0.15) is 0 Å². The third-order valence-corrected chi connectivity index (χ3v) is 5.87. The highest BCUT2D eigenvalue weighted by atomic mass is 16.5. The van der Waals surface area contributed by atoms with E-state index in [1.807, 2.05) is 12.2 Å². The van der Waals surface area contributed by atoms with Crippen LogP contribution in [0.1, 0.15) is 13.3 Å². The van der Waals surface area contributed by atoms with Gasteiger partial charge < -0.3 is 19.5 Å². The zero-order valence-corrected chi connectivity index (χ0v) is 13.9. The van der Waals surface area contributed by atoms with Gasteiger partial charge in [-0.1, -0.05) is 12.2 Å². The maximum absolute atomic E-state index is 12.8. The Hall–Kier alpha value is -1.44. The van der Waals surface area contributed by atoms with E-state index >= 15 is 0 Å². The molecule has 1 N–H and O–H groups in total. The van der Waals surface area contributed by atoms with Gasteiger partial charge in [-0.05, 0) is 13.3 Å². The Balaban J connectivity index is 1.41. The normalized spacial score (nSPS) is 41.2. The van der Waals surface area contributed by atoms with Gasteiger partial charge in [0.25, 0.3) is 0 Å². The first-order valence-electron chi connectivity index (χ1n) is 8.67. The molecule has 0 aromatic heterocycles. The van der Waals surface area contributed by atoms with Crippen LogP contribution in [-0.2, 0) is 19.1 Å². The summed E-state index contributed by atoms with van der Waals surface area (Å²) in [4.78, 5) is 28.7. The molecule has 4 heterocycles. The van der Waals surface area contributed by atoms with E-state index in [1.54, 1.807) is 11.8 Å². The summed E-state index contributed by atoms with van der Waals surface area (Å²) in [7, 11) is 0. The van der Waals surface area contributed by atoms with Crippen LogP contribution in [0.25, 0.3) is 0 Å². The topological polar surface area (TPSA) is 79.3 Å². The standard InChI is InChI=1S/C17H24N2O5/c1-16-3-4-17(24-16)11-19(14(20)12(17)13(16)15(21)22)6-2-5-18-7-9-23-10-8-18/h3-4,12-13H,2,5-11H2,1H3,(H,21,22)/t12-,13-,16-,17+/m1/s1. The molecule has 4 rings (SSSR count). The van der Waals surface area contributed by atoms with Crippen LogP contribution in [0, 0.1) is 11.8 Å². The van der Waals surface area contributed by atoms with Crippen molar-refractivity contribution in [3.63, 3.8) is 0 Å². The molecule has 0 aliphatic carbocycles. The fourth-order valence-corrected chi connectivity index (χ4v) is 4.73. The maximum Gasteiger partial charge on any atom is 0.310 e. The quantitative estimate of drug-likeness (QED) is 0.710. The molecule has 0 aromatic rings. The summed E-state index contributed by atoms with van der Waals surface area (Å²) < 4.78 is 11.4. The Morgan fingerprint density at radius 1 is 1.33 bits per heavy atom. The van der Waals surface area contributed by atoms with E-state index in [4.69, 9.17) is 9.47 Å². The molecule has 0 saturated carbocycles. The number of rotatable bonds is 5. The van der Waals surface area contributed by atoms with Crippen molar-refractivity contribution in [3.8, 4) is 0 Å². The lowest BCUT2D eigenvalue weighted by Crippen LogP contribution is -2.43. The first-order chi connectivity index (χ1) is 11.5. The molecular weight excluding hydrogens is 312 g/mol. The Labute approximate surface area is 141 Å². The number of nitrogens with zero attached hydrogens (tertiary/aromatic N) is 2. The van der Waals surface area contributed by atoms with Crippen LogP contribution in [0.4, 0.5) is 0 Å². The number of ether oxygens (including phenoxy) is 2. The van der Waals surface area contributed by atoms with E-state index in [9.17, 15) is 14.7 Å². The minimum absolute atomic E-state index is 0.0718. The van der Waals surface area contributed by atoms with E-state index in [1.165, 1.54) is 0 Å². The van der Waals surface area contributed by atoms with Gasteiger partial charge in [0.1, 0.15) is 11.5 Å². The molecule has 1 spiro atoms. The van der Waals surface area contributed by atoms with Crippen LogP contribution in [-0.4, -0.2) is 83.9 Å². The third-order valence-electron chi connectivity index (χ3n) is 5.87. The highest BCUT2D eigenvalue weighted by Gasteiger charge is 2.71. The fraction of sp³-hybridized carbons (Fsp3) is 0.765. The number of amides is 1. The summed E-state index contributed by atoms with van der Waals surface area (Å²) in [6.07, 6.45) is 4.62. The number of carboxylic acid groups (broad SMARTS) is 1. The van der Waals surface area contributed by atoms with E-state index in [0.29, 0.717) is 13.1 Å². The van der Waals surface area contributed by atoms with Crippen LogP contribution in [0.2, 0.25) is 0 Å². The molecule has 132 valence electrons. The molecular formula is C17H24N2O5. The number of likely N-dealkylation sites (tertiary alicyclic amines) is 1. The minimum Gasteiger partial charge on any atom is -0.481 e. The van der Waals surface area contributed by atoms with Gasteiger partial charge in [0.05, 0.1) is 31.3 Å². The van der Waals surface area contributed by atoms with Crippen molar-refractivity contribution < 1.29 is 24.2 Å². The second kappa shape index (κ2) is 5.54. The highest BCUT2D eigenvalue weighted by molar-refractivity contribution is 5.91. The Kier molecular flexibility index (Phi) is 3.71. The molecule has 24 heavy (non-hydrogen) atoms. The van der Waals surface area contributed by atoms with E-state index in [-0.39, 0.29) is 5.91 Å². The number of carbonyl (C=O) groups is 2.